The number of hydrogen-bond donors (Lipinski definition) is 3. The molecule has 1 aromatic rings. The molecular weight excluding hydrogens is 250 g/mol. The van der Waals surface area contributed by atoms with Crippen molar-refractivity contribution in [2.45, 2.75) is 57.0 Å². The van der Waals surface area contributed by atoms with Gasteiger partial charge >= 0.3 is 0 Å². The average molecular weight is 277 g/mol. The summed E-state index contributed by atoms with van der Waals surface area (Å²) in [7, 11) is 0. The van der Waals surface area contributed by atoms with Gasteiger partial charge in [0.1, 0.15) is 0 Å². The average Bonchev–Trinajstić information content (AvgIpc) is 2.48. The molecule has 0 heterocycles. The van der Waals surface area contributed by atoms with E-state index in [0.717, 1.165) is 12.8 Å². The first kappa shape index (κ1) is 15.5. The van der Waals surface area contributed by atoms with Crippen LogP contribution in [0.3, 0.4) is 0 Å². The van der Waals surface area contributed by atoms with Gasteiger partial charge in [0, 0.05) is 6.04 Å². The topological polar surface area (TPSA) is 52.5 Å². The monoisotopic (exact) mass is 277 g/mol. The molecule has 0 radical (unpaired) electrons. The number of nitrogens with one attached hydrogen (secondary N) is 1. The third-order valence-electron chi connectivity index (χ3n) is 4.89. The Morgan fingerprint density at radius 1 is 1.25 bits per heavy atom. The molecule has 0 bridgehead atoms. The van der Waals surface area contributed by atoms with Gasteiger partial charge < -0.3 is 15.5 Å². The van der Waals surface area contributed by atoms with Crippen molar-refractivity contribution in [3.63, 3.8) is 0 Å². The summed E-state index contributed by atoms with van der Waals surface area (Å²) in [6, 6.07) is 8.74. The zero-order valence-electron chi connectivity index (χ0n) is 12.8. The zero-order chi connectivity index (χ0) is 14.8. The summed E-state index contributed by atoms with van der Waals surface area (Å²) in [5, 5.41) is 22.8. The molecule has 1 unspecified atom stereocenters. The van der Waals surface area contributed by atoms with E-state index in [0.29, 0.717) is 6.42 Å². The summed E-state index contributed by atoms with van der Waals surface area (Å²) in [5.41, 5.74) is 2.30. The van der Waals surface area contributed by atoms with Crippen molar-refractivity contribution >= 4 is 0 Å². The van der Waals surface area contributed by atoms with Crippen LogP contribution >= 0.6 is 0 Å². The number of aliphatic hydroxyl groups is 2. The molecule has 0 amide bonds. The second kappa shape index (κ2) is 5.84. The SMILES string of the molecule is CCC(CO)(CO)NC1CCC(C)(C)c2ccccc21. The number of aliphatic hydroxyl groups excluding tert-OH is 2. The maximum atomic E-state index is 9.64. The van der Waals surface area contributed by atoms with Crippen LogP contribution in [0.1, 0.15) is 57.2 Å². The molecule has 3 heteroatoms. The fraction of sp³-hybridized carbons (Fsp3) is 0.647. The van der Waals surface area contributed by atoms with Crippen molar-refractivity contribution in [1.82, 2.24) is 5.32 Å². The standard InChI is InChI=1S/C17H27NO2/c1-4-17(11-19,12-20)18-15-9-10-16(2,3)14-8-6-5-7-13(14)15/h5-8,15,18-20H,4,9-12H2,1-3H3. The first-order valence-electron chi connectivity index (χ1n) is 7.57. The minimum Gasteiger partial charge on any atom is -0.394 e. The van der Waals surface area contributed by atoms with Crippen LogP contribution in [0, 0.1) is 0 Å². The smallest absolute Gasteiger partial charge is 0.0650 e. The first-order valence-corrected chi connectivity index (χ1v) is 7.57. The predicted octanol–water partition coefficient (Wildman–Crippen LogP) is 2.52. The second-order valence-electron chi connectivity index (χ2n) is 6.66. The number of rotatable bonds is 5. The van der Waals surface area contributed by atoms with Crippen LogP contribution in [0.15, 0.2) is 24.3 Å². The van der Waals surface area contributed by atoms with Gasteiger partial charge in [-0.15, -0.1) is 0 Å². The molecule has 0 saturated carbocycles. The quantitative estimate of drug-likeness (QED) is 0.775. The third-order valence-corrected chi connectivity index (χ3v) is 4.89. The highest BCUT2D eigenvalue weighted by Gasteiger charge is 2.36. The van der Waals surface area contributed by atoms with E-state index in [2.05, 4.69) is 43.4 Å². The fourth-order valence-corrected chi connectivity index (χ4v) is 3.20. The van der Waals surface area contributed by atoms with Crippen molar-refractivity contribution < 1.29 is 10.2 Å². The summed E-state index contributed by atoms with van der Waals surface area (Å²) < 4.78 is 0. The zero-order valence-corrected chi connectivity index (χ0v) is 12.8. The van der Waals surface area contributed by atoms with E-state index in [-0.39, 0.29) is 24.7 Å². The maximum absolute atomic E-state index is 9.64. The Kier molecular flexibility index (Phi) is 4.52. The molecule has 0 fully saturated rings. The Hall–Kier alpha value is -0.900. The van der Waals surface area contributed by atoms with Crippen LogP contribution in [0.5, 0.6) is 0 Å². The van der Waals surface area contributed by atoms with Crippen molar-refractivity contribution in [3.8, 4) is 0 Å². The Morgan fingerprint density at radius 2 is 1.90 bits per heavy atom. The number of benzene rings is 1. The molecule has 0 aromatic heterocycles. The van der Waals surface area contributed by atoms with Gasteiger partial charge in [0.2, 0.25) is 0 Å². The summed E-state index contributed by atoms with van der Waals surface area (Å²) >= 11 is 0. The largest absolute Gasteiger partial charge is 0.394 e. The molecule has 0 aliphatic heterocycles. The van der Waals surface area contributed by atoms with Crippen molar-refractivity contribution in [2.24, 2.45) is 0 Å². The van der Waals surface area contributed by atoms with Crippen molar-refractivity contribution in [2.75, 3.05) is 13.2 Å². The highest BCUT2D eigenvalue weighted by atomic mass is 16.3. The van der Waals surface area contributed by atoms with Gasteiger partial charge in [-0.3, -0.25) is 0 Å². The van der Waals surface area contributed by atoms with Gasteiger partial charge in [-0.1, -0.05) is 45.0 Å². The highest BCUT2D eigenvalue weighted by molar-refractivity contribution is 5.38. The molecule has 0 spiro atoms. The van der Waals surface area contributed by atoms with Gasteiger partial charge in [-0.05, 0) is 35.8 Å². The first-order chi connectivity index (χ1) is 9.48. The lowest BCUT2D eigenvalue weighted by molar-refractivity contribution is 0.0736. The molecule has 0 saturated heterocycles. The van der Waals surface area contributed by atoms with Crippen molar-refractivity contribution in [3.05, 3.63) is 35.4 Å². The van der Waals surface area contributed by atoms with Crippen LogP contribution < -0.4 is 5.32 Å². The van der Waals surface area contributed by atoms with Crippen molar-refractivity contribution in [1.29, 1.82) is 0 Å². The van der Waals surface area contributed by atoms with Crippen LogP contribution in [-0.2, 0) is 5.41 Å². The lowest BCUT2D eigenvalue weighted by atomic mass is 9.70. The van der Waals surface area contributed by atoms with E-state index >= 15 is 0 Å². The number of fused-ring (bicyclic) bond motifs is 1. The van der Waals surface area contributed by atoms with Crippen LogP contribution in [0.25, 0.3) is 0 Å². The van der Waals surface area contributed by atoms with E-state index in [1.54, 1.807) is 0 Å². The maximum Gasteiger partial charge on any atom is 0.0650 e. The van der Waals surface area contributed by atoms with Gasteiger partial charge in [0.05, 0.1) is 18.8 Å². The molecule has 1 atom stereocenters. The minimum atomic E-state index is -0.584. The minimum absolute atomic E-state index is 0.0396. The molecule has 112 valence electrons. The van der Waals surface area contributed by atoms with E-state index in [4.69, 9.17) is 0 Å². The normalized spacial score (nSPS) is 21.6. The fourth-order valence-electron chi connectivity index (χ4n) is 3.20. The summed E-state index contributed by atoms with van der Waals surface area (Å²) in [6.45, 7) is 6.49. The summed E-state index contributed by atoms with van der Waals surface area (Å²) in [5.74, 6) is 0. The Morgan fingerprint density at radius 3 is 2.50 bits per heavy atom. The molecule has 3 nitrogen and oxygen atoms in total. The van der Waals surface area contributed by atoms with E-state index < -0.39 is 5.54 Å². The molecule has 20 heavy (non-hydrogen) atoms. The highest BCUT2D eigenvalue weighted by Crippen LogP contribution is 2.42. The van der Waals surface area contributed by atoms with Gasteiger partial charge in [-0.2, -0.15) is 0 Å². The summed E-state index contributed by atoms with van der Waals surface area (Å²) in [6.07, 6.45) is 2.85. The van der Waals surface area contributed by atoms with Crippen LogP contribution in [-0.4, -0.2) is 29.0 Å². The lowest BCUT2D eigenvalue weighted by Crippen LogP contribution is -2.53. The van der Waals surface area contributed by atoms with E-state index in [9.17, 15) is 10.2 Å². The molecule has 3 N–H and O–H groups in total. The lowest BCUT2D eigenvalue weighted by Gasteiger charge is -2.42. The van der Waals surface area contributed by atoms with Crippen LogP contribution in [0.4, 0.5) is 0 Å². The molecule has 1 aliphatic carbocycles. The van der Waals surface area contributed by atoms with Crippen LogP contribution in [0.2, 0.25) is 0 Å². The Bertz CT molecular complexity index is 444. The molecule has 1 aromatic carbocycles. The second-order valence-corrected chi connectivity index (χ2v) is 6.66. The third kappa shape index (κ3) is 2.76. The summed E-state index contributed by atoms with van der Waals surface area (Å²) in [4.78, 5) is 0. The van der Waals surface area contributed by atoms with E-state index in [1.807, 2.05) is 6.92 Å². The van der Waals surface area contributed by atoms with Gasteiger partial charge in [0.15, 0.2) is 0 Å². The molecular formula is C17H27NO2. The Balaban J connectivity index is 2.31. The van der Waals surface area contributed by atoms with E-state index in [1.165, 1.54) is 11.1 Å². The molecule has 2 rings (SSSR count). The Labute approximate surface area is 122 Å². The van der Waals surface area contributed by atoms with Gasteiger partial charge in [0.25, 0.3) is 0 Å². The predicted molar refractivity (Wildman–Crippen MR) is 81.8 cm³/mol. The number of hydrogen-bond acceptors (Lipinski definition) is 3. The van der Waals surface area contributed by atoms with Gasteiger partial charge in [-0.25, -0.2) is 0 Å². The molecule has 1 aliphatic rings.